The van der Waals surface area contributed by atoms with Crippen LogP contribution in [0.4, 0.5) is 15.9 Å². The van der Waals surface area contributed by atoms with Gasteiger partial charge in [0.1, 0.15) is 23.8 Å². The number of halogens is 2. The van der Waals surface area contributed by atoms with Crippen LogP contribution in [-0.4, -0.2) is 68.9 Å². The average molecular weight is 626 g/mol. The number of hydrogen-bond donors (Lipinski definition) is 3. The molecule has 2 aliphatic heterocycles. The lowest BCUT2D eigenvalue weighted by atomic mass is 10.0. The Morgan fingerprint density at radius 3 is 2.82 bits per heavy atom. The van der Waals surface area contributed by atoms with Gasteiger partial charge < -0.3 is 35.1 Å². The number of carbonyl (C=O) groups excluding carboxylic acids is 2. The van der Waals surface area contributed by atoms with E-state index in [9.17, 15) is 19.5 Å². The highest BCUT2D eigenvalue weighted by atomic mass is 35.5. The van der Waals surface area contributed by atoms with Crippen molar-refractivity contribution in [1.29, 1.82) is 0 Å². The van der Waals surface area contributed by atoms with Crippen LogP contribution in [0.5, 0.6) is 11.5 Å². The largest absolute Gasteiger partial charge is 0.504 e. The molecule has 0 saturated carbocycles. The number of methoxy groups -OCH3 is 1. The van der Waals surface area contributed by atoms with Crippen molar-refractivity contribution in [3.8, 4) is 22.6 Å². The number of nitrogens with two attached hydrogens (primary N) is 1. The zero-order valence-corrected chi connectivity index (χ0v) is 24.7. The van der Waals surface area contributed by atoms with E-state index >= 15 is 4.39 Å². The van der Waals surface area contributed by atoms with E-state index in [4.69, 9.17) is 26.8 Å². The summed E-state index contributed by atoms with van der Waals surface area (Å²) in [4.78, 5) is 50.3. The Hall–Kier alpha value is -4.69. The van der Waals surface area contributed by atoms with Crippen molar-refractivity contribution in [2.75, 3.05) is 37.1 Å². The van der Waals surface area contributed by atoms with Crippen molar-refractivity contribution >= 4 is 46.0 Å². The number of aromatic hydroxyl groups is 1. The molecule has 230 valence electrons. The summed E-state index contributed by atoms with van der Waals surface area (Å²) in [5.41, 5.74) is 4.93. The number of benzene rings is 1. The monoisotopic (exact) mass is 625 g/mol. The fraction of sp³-hybridized carbons (Fsp3) is 0.345. The molecule has 5 heterocycles. The number of pyridine rings is 1. The van der Waals surface area contributed by atoms with E-state index < -0.39 is 40.3 Å². The van der Waals surface area contributed by atoms with Crippen LogP contribution in [0.3, 0.4) is 0 Å². The average Bonchev–Trinajstić information content (AvgIpc) is 3.60. The van der Waals surface area contributed by atoms with Gasteiger partial charge >= 0.3 is 0 Å². The topological polar surface area (TPSA) is 167 Å². The Kier molecular flexibility index (Phi) is 7.63. The highest BCUT2D eigenvalue weighted by Gasteiger charge is 2.28. The third-order valence-electron chi connectivity index (χ3n) is 7.88. The van der Waals surface area contributed by atoms with Gasteiger partial charge in [-0.05, 0) is 19.4 Å². The van der Waals surface area contributed by atoms with Gasteiger partial charge in [-0.1, -0.05) is 11.6 Å². The van der Waals surface area contributed by atoms with Crippen LogP contribution < -0.4 is 26.2 Å². The summed E-state index contributed by atoms with van der Waals surface area (Å²) in [6.07, 6.45) is 4.12. The summed E-state index contributed by atoms with van der Waals surface area (Å²) in [6.45, 7) is 3.84. The van der Waals surface area contributed by atoms with Crippen molar-refractivity contribution in [3.05, 3.63) is 57.1 Å². The number of amides is 2. The Labute approximate surface area is 255 Å². The van der Waals surface area contributed by atoms with Crippen molar-refractivity contribution in [2.24, 2.45) is 5.73 Å². The van der Waals surface area contributed by atoms with E-state index in [1.807, 2.05) is 6.92 Å². The van der Waals surface area contributed by atoms with Gasteiger partial charge in [-0.3, -0.25) is 19.0 Å². The lowest BCUT2D eigenvalue weighted by molar-refractivity contribution is -0.116. The van der Waals surface area contributed by atoms with Crippen LogP contribution in [0.1, 0.15) is 29.5 Å². The molecule has 4 aromatic rings. The van der Waals surface area contributed by atoms with Crippen LogP contribution in [-0.2, 0) is 29.0 Å². The molecular formula is C29H29ClFN7O6. The number of phenols is 1. The normalized spacial score (nSPS) is 16.3. The molecule has 13 nitrogen and oxygen atoms in total. The third-order valence-corrected chi connectivity index (χ3v) is 8.18. The first kappa shape index (κ1) is 29.4. The minimum atomic E-state index is -1.03. The van der Waals surface area contributed by atoms with E-state index in [-0.39, 0.29) is 39.8 Å². The van der Waals surface area contributed by atoms with Gasteiger partial charge in [-0.2, -0.15) is 0 Å². The number of primary amides is 1. The maximum Gasteiger partial charge on any atom is 0.263 e. The fourth-order valence-corrected chi connectivity index (χ4v) is 5.89. The minimum absolute atomic E-state index is 0.0380. The number of anilines is 2. The highest BCUT2D eigenvalue weighted by molar-refractivity contribution is 6.33. The first-order chi connectivity index (χ1) is 21.1. The lowest BCUT2D eigenvalue weighted by Crippen LogP contribution is -2.44. The number of aryl methyl sites for hydroxylation is 1. The molecule has 44 heavy (non-hydrogen) atoms. The first-order valence-electron chi connectivity index (χ1n) is 13.9. The number of hydrogen-bond acceptors (Lipinski definition) is 9. The van der Waals surface area contributed by atoms with Crippen LogP contribution in [0, 0.1) is 5.82 Å². The molecule has 1 saturated heterocycles. The molecule has 2 aliphatic rings. The van der Waals surface area contributed by atoms with Crippen molar-refractivity contribution in [1.82, 2.24) is 19.1 Å². The summed E-state index contributed by atoms with van der Waals surface area (Å²) in [7, 11) is 1.12. The number of carbonyl (C=O) groups is 2. The zero-order valence-electron chi connectivity index (χ0n) is 23.9. The molecule has 6 rings (SSSR count). The number of rotatable bonds is 7. The second-order valence-corrected chi connectivity index (χ2v) is 11.1. The quantitative estimate of drug-likeness (QED) is 0.280. The molecular weight excluding hydrogens is 597 g/mol. The molecule has 1 fully saturated rings. The molecule has 1 atom stereocenters. The molecule has 0 spiro atoms. The first-order valence-corrected chi connectivity index (χ1v) is 14.3. The van der Waals surface area contributed by atoms with Gasteiger partial charge in [0.2, 0.25) is 5.91 Å². The smallest absolute Gasteiger partial charge is 0.263 e. The Morgan fingerprint density at radius 1 is 1.30 bits per heavy atom. The summed E-state index contributed by atoms with van der Waals surface area (Å²) >= 11 is 6.39. The molecule has 0 unspecified atom stereocenters. The standard InChI is InChI=1S/C29H29ClFN7O6/c1-14-13-44-7-6-37(14)21-9-19(18(30)10-33-21)34-22(39)12-36-11-17(23-28(36)35-20-4-3-5-38(20)29(23)42)15-8-16(27(32)41)25(40)26(43-2)24(15)31/h8-11,14,40H,3-7,12-13H2,1-2H3,(H2,32,41)(H,33,34,39)/t14-/m0/s1. The number of nitrogens with one attached hydrogen (secondary N) is 1. The Bertz CT molecular complexity index is 1890. The molecule has 4 N–H and O–H groups in total. The summed E-state index contributed by atoms with van der Waals surface area (Å²) in [5.74, 6) is -2.75. The summed E-state index contributed by atoms with van der Waals surface area (Å²) in [5, 5.41) is 13.5. The number of morpholine rings is 1. The Morgan fingerprint density at radius 2 is 2.09 bits per heavy atom. The van der Waals surface area contributed by atoms with Gasteiger partial charge in [-0.15, -0.1) is 0 Å². The van der Waals surface area contributed by atoms with E-state index in [0.717, 1.165) is 13.2 Å². The van der Waals surface area contributed by atoms with E-state index in [1.165, 1.54) is 21.5 Å². The molecule has 1 aromatic carbocycles. The number of ether oxygens (including phenoxy) is 2. The number of nitrogens with zero attached hydrogens (tertiary/aromatic N) is 5. The van der Waals surface area contributed by atoms with E-state index in [2.05, 4.69) is 20.2 Å². The number of fused-ring (bicyclic) bond motifs is 2. The summed E-state index contributed by atoms with van der Waals surface area (Å²) in [6, 6.07) is 2.81. The lowest BCUT2D eigenvalue weighted by Gasteiger charge is -2.34. The van der Waals surface area contributed by atoms with Crippen molar-refractivity contribution < 1.29 is 28.6 Å². The summed E-state index contributed by atoms with van der Waals surface area (Å²) < 4.78 is 29.2. The fourth-order valence-electron chi connectivity index (χ4n) is 5.74. The molecule has 0 aliphatic carbocycles. The van der Waals surface area contributed by atoms with Gasteiger partial charge in [0.15, 0.2) is 17.3 Å². The second-order valence-electron chi connectivity index (χ2n) is 10.7. The highest BCUT2D eigenvalue weighted by Crippen LogP contribution is 2.41. The van der Waals surface area contributed by atoms with E-state index in [1.54, 1.807) is 6.07 Å². The predicted molar refractivity (Wildman–Crippen MR) is 160 cm³/mol. The predicted octanol–water partition coefficient (Wildman–Crippen LogP) is 2.68. The van der Waals surface area contributed by atoms with Crippen molar-refractivity contribution in [2.45, 2.75) is 38.9 Å². The van der Waals surface area contributed by atoms with Crippen molar-refractivity contribution in [3.63, 3.8) is 0 Å². The van der Waals surface area contributed by atoms with Crippen LogP contribution in [0.25, 0.3) is 22.2 Å². The second kappa shape index (κ2) is 11.4. The molecule has 15 heteroatoms. The third kappa shape index (κ3) is 4.99. The maximum atomic E-state index is 15.7. The van der Waals surface area contributed by atoms with Gasteiger partial charge in [0.25, 0.3) is 11.5 Å². The zero-order chi connectivity index (χ0) is 31.3. The maximum absolute atomic E-state index is 15.7. The number of aromatic nitrogens is 4. The molecule has 0 radical (unpaired) electrons. The van der Waals surface area contributed by atoms with E-state index in [0.29, 0.717) is 56.5 Å². The SMILES string of the molecule is COc1c(O)c(C(N)=O)cc(-c2cn(CC(=O)Nc3cc(N4CCOC[C@@H]4C)ncc3Cl)c3nc4n(c(=O)c23)CCC4)c1F. The van der Waals surface area contributed by atoms with Gasteiger partial charge in [0.05, 0.1) is 54.2 Å². The molecule has 0 bridgehead atoms. The molecule has 2 amide bonds. The molecule has 3 aromatic heterocycles. The Balaban J connectivity index is 1.42. The van der Waals surface area contributed by atoms with Crippen LogP contribution in [0.15, 0.2) is 29.3 Å². The van der Waals surface area contributed by atoms with Crippen LogP contribution >= 0.6 is 11.6 Å². The van der Waals surface area contributed by atoms with Gasteiger partial charge in [0, 0.05) is 42.9 Å². The minimum Gasteiger partial charge on any atom is -0.504 e. The van der Waals surface area contributed by atoms with Gasteiger partial charge in [-0.25, -0.2) is 14.4 Å². The van der Waals surface area contributed by atoms with Crippen LogP contribution in [0.2, 0.25) is 5.02 Å².